The number of azide groups is 1. The third-order valence-corrected chi connectivity index (χ3v) is 3.09. The Morgan fingerprint density at radius 2 is 1.65 bits per heavy atom. The highest BCUT2D eigenvalue weighted by Gasteiger charge is 2.30. The highest BCUT2D eigenvalue weighted by atomic mass is 35.9. The molecule has 20 heavy (non-hydrogen) atoms. The fourth-order valence-electron chi connectivity index (χ4n) is 1.13. The van der Waals surface area contributed by atoms with E-state index in [2.05, 4.69) is 16.9 Å². The summed E-state index contributed by atoms with van der Waals surface area (Å²) in [5.74, 6) is -9.85. The molecule has 0 saturated carbocycles. The zero-order chi connectivity index (χ0) is 15.7. The van der Waals surface area contributed by atoms with Crippen LogP contribution in [0.4, 0.5) is 23.2 Å². The van der Waals surface area contributed by atoms with Crippen molar-refractivity contribution in [3.05, 3.63) is 39.3 Å². The molecule has 0 radical (unpaired) electrons. The van der Waals surface area contributed by atoms with Gasteiger partial charge in [0.1, 0.15) is 11.3 Å². The molecule has 0 unspecified atom stereocenters. The monoisotopic (exact) mass is 366 g/mol. The van der Waals surface area contributed by atoms with Crippen LogP contribution in [0.1, 0.15) is 10.4 Å². The van der Waals surface area contributed by atoms with Crippen LogP contribution < -0.4 is 5.09 Å². The molecule has 0 aliphatic heterocycles. The van der Waals surface area contributed by atoms with Crippen LogP contribution in [0.2, 0.25) is 0 Å². The normalized spacial score (nSPS) is 10.9. The first kappa shape index (κ1) is 17.0. The zero-order valence-electron chi connectivity index (χ0n) is 8.87. The predicted molar refractivity (Wildman–Crippen MR) is 68.5 cm³/mol. The second-order valence-electron chi connectivity index (χ2n) is 3.07. The number of hydrogen-bond acceptors (Lipinski definition) is 3. The SMILES string of the molecule is [N-]=[N+]=Nc1c(F)c(F)c(C(=O)NP(=S)(Cl)Cl)c(F)c1F. The van der Waals surface area contributed by atoms with Crippen molar-refractivity contribution in [3.8, 4) is 0 Å². The maximum absolute atomic E-state index is 13.5. The summed E-state index contributed by atoms with van der Waals surface area (Å²) in [5, 5.41) is 4.08. The number of rotatable bonds is 3. The van der Waals surface area contributed by atoms with Gasteiger partial charge in [0.05, 0.1) is 0 Å². The minimum Gasteiger partial charge on any atom is -0.301 e. The fourth-order valence-corrected chi connectivity index (χ4v) is 2.18. The second-order valence-corrected chi connectivity index (χ2v) is 10.6. The molecule has 0 spiro atoms. The Morgan fingerprint density at radius 3 is 2.00 bits per heavy atom. The van der Waals surface area contributed by atoms with Crippen LogP contribution in [-0.2, 0) is 11.8 Å². The van der Waals surface area contributed by atoms with E-state index in [0.29, 0.717) is 0 Å². The van der Waals surface area contributed by atoms with Crippen molar-refractivity contribution < 1.29 is 22.4 Å². The molecule has 0 aliphatic rings. The Balaban J connectivity index is 3.55. The maximum atomic E-state index is 13.5. The minimum atomic E-state index is -3.46. The Labute approximate surface area is 123 Å². The van der Waals surface area contributed by atoms with E-state index in [0.717, 1.165) is 0 Å². The summed E-state index contributed by atoms with van der Waals surface area (Å²) in [7, 11) is 0. The van der Waals surface area contributed by atoms with Gasteiger partial charge in [0.25, 0.3) is 5.91 Å². The molecule has 0 fully saturated rings. The van der Waals surface area contributed by atoms with E-state index in [1.807, 2.05) is 4.91 Å². The van der Waals surface area contributed by atoms with E-state index in [1.165, 1.54) is 0 Å². The van der Waals surface area contributed by atoms with Crippen LogP contribution in [0.5, 0.6) is 0 Å². The van der Waals surface area contributed by atoms with E-state index in [1.54, 1.807) is 5.09 Å². The molecular weight excluding hydrogens is 366 g/mol. The van der Waals surface area contributed by atoms with Gasteiger partial charge in [0.15, 0.2) is 23.3 Å². The van der Waals surface area contributed by atoms with Crippen LogP contribution in [-0.4, -0.2) is 5.91 Å². The van der Waals surface area contributed by atoms with Crippen LogP contribution in [0.15, 0.2) is 5.11 Å². The third kappa shape index (κ3) is 3.53. The Kier molecular flexibility index (Phi) is 5.23. The van der Waals surface area contributed by atoms with Crippen molar-refractivity contribution in [2.24, 2.45) is 5.11 Å². The molecule has 1 amide bonds. The summed E-state index contributed by atoms with van der Waals surface area (Å²) >= 11 is 15.0. The first-order valence-corrected chi connectivity index (χ1v) is 8.94. The molecule has 0 aromatic heterocycles. The summed E-state index contributed by atoms with van der Waals surface area (Å²) in [6.07, 6.45) is 0. The smallest absolute Gasteiger partial charge is 0.262 e. The van der Waals surface area contributed by atoms with Gasteiger partial charge < -0.3 is 5.09 Å². The van der Waals surface area contributed by atoms with Gasteiger partial charge in [-0.2, -0.15) is 0 Å². The molecule has 0 aliphatic carbocycles. The first-order chi connectivity index (χ1) is 9.10. The summed E-state index contributed by atoms with van der Waals surface area (Å²) in [5.41, 5.74) is 4.87. The number of amides is 1. The van der Waals surface area contributed by atoms with E-state index in [9.17, 15) is 22.4 Å². The number of benzene rings is 1. The predicted octanol–water partition coefficient (Wildman–Crippen LogP) is 4.62. The van der Waals surface area contributed by atoms with Crippen molar-refractivity contribution >= 4 is 50.8 Å². The van der Waals surface area contributed by atoms with Crippen LogP contribution in [0.3, 0.4) is 0 Å². The average Bonchev–Trinajstić information content (AvgIpc) is 2.30. The third-order valence-electron chi connectivity index (χ3n) is 1.84. The van der Waals surface area contributed by atoms with Crippen LogP contribution in [0, 0.1) is 23.3 Å². The molecule has 13 heteroatoms. The van der Waals surface area contributed by atoms with Crippen LogP contribution in [0.25, 0.3) is 10.4 Å². The van der Waals surface area contributed by atoms with Crippen molar-refractivity contribution in [1.29, 1.82) is 0 Å². The van der Waals surface area contributed by atoms with Crippen molar-refractivity contribution in [2.75, 3.05) is 0 Å². The van der Waals surface area contributed by atoms with Crippen LogP contribution >= 0.6 is 27.4 Å². The lowest BCUT2D eigenvalue weighted by Gasteiger charge is -2.11. The molecule has 1 rings (SSSR count). The molecule has 0 saturated heterocycles. The van der Waals surface area contributed by atoms with Gasteiger partial charge in [0.2, 0.25) is 4.89 Å². The summed E-state index contributed by atoms with van der Waals surface area (Å²) in [4.78, 5) is 9.98. The van der Waals surface area contributed by atoms with Crippen molar-refractivity contribution in [1.82, 2.24) is 5.09 Å². The highest BCUT2D eigenvalue weighted by molar-refractivity contribution is 8.38. The van der Waals surface area contributed by atoms with Crippen molar-refractivity contribution in [2.45, 2.75) is 0 Å². The van der Waals surface area contributed by atoms with Gasteiger partial charge in [-0.05, 0) is 39.8 Å². The maximum Gasteiger partial charge on any atom is 0.262 e. The highest BCUT2D eigenvalue weighted by Crippen LogP contribution is 2.52. The van der Waals surface area contributed by atoms with Gasteiger partial charge in [-0.15, -0.1) is 0 Å². The number of carbonyl (C=O) groups excluding carboxylic acids is 1. The number of nitrogens with zero attached hydrogens (tertiary/aromatic N) is 3. The van der Waals surface area contributed by atoms with Gasteiger partial charge in [-0.25, -0.2) is 17.6 Å². The van der Waals surface area contributed by atoms with E-state index in [4.69, 9.17) is 28.0 Å². The van der Waals surface area contributed by atoms with Gasteiger partial charge in [-0.1, -0.05) is 5.11 Å². The quantitative estimate of drug-likeness (QED) is 0.211. The lowest BCUT2D eigenvalue weighted by molar-refractivity contribution is 0.0973. The molecule has 0 heterocycles. The Bertz CT molecular complexity index is 661. The van der Waals surface area contributed by atoms with Gasteiger partial charge in [-0.3, -0.25) is 4.79 Å². The lowest BCUT2D eigenvalue weighted by atomic mass is 10.1. The standard InChI is InChI=1S/C7HCl2F4N4OPS/c8-19(9,20)16-7(18)1-2(10)4(12)6(15-17-14)5(13)3(1)11/h(H,16,18,20). The number of halogens is 6. The summed E-state index contributed by atoms with van der Waals surface area (Å²) < 4.78 is 53.8. The number of nitrogens with one attached hydrogen (secondary N) is 1. The Hall–Kier alpha value is -1.05. The van der Waals surface area contributed by atoms with E-state index < -0.39 is 45.3 Å². The average molecular weight is 367 g/mol. The zero-order valence-corrected chi connectivity index (χ0v) is 12.1. The molecule has 0 bridgehead atoms. The summed E-state index contributed by atoms with van der Waals surface area (Å²) in [6, 6.07) is 0. The number of hydrogen-bond donors (Lipinski definition) is 1. The van der Waals surface area contributed by atoms with Crippen molar-refractivity contribution in [3.63, 3.8) is 0 Å². The molecular formula is C7HCl2F4N4OPS. The fraction of sp³-hybridized carbons (Fsp3) is 0. The first-order valence-electron chi connectivity index (χ1n) is 4.33. The second kappa shape index (κ2) is 6.15. The number of carbonyl (C=O) groups is 1. The topological polar surface area (TPSA) is 77.9 Å². The molecule has 0 atom stereocenters. The molecule has 1 N–H and O–H groups in total. The van der Waals surface area contributed by atoms with E-state index >= 15 is 0 Å². The summed E-state index contributed by atoms with van der Waals surface area (Å²) in [6.45, 7) is 0. The Morgan fingerprint density at radius 1 is 1.20 bits per heavy atom. The molecule has 108 valence electrons. The lowest BCUT2D eigenvalue weighted by Crippen LogP contribution is -2.21. The van der Waals surface area contributed by atoms with Gasteiger partial charge >= 0.3 is 0 Å². The largest absolute Gasteiger partial charge is 0.301 e. The minimum absolute atomic E-state index is 1.55. The molecule has 1 aromatic carbocycles. The molecule has 5 nitrogen and oxygen atoms in total. The molecule has 1 aromatic rings. The van der Waals surface area contributed by atoms with Gasteiger partial charge in [0, 0.05) is 4.91 Å². The van der Waals surface area contributed by atoms with E-state index in [-0.39, 0.29) is 0 Å².